The van der Waals surface area contributed by atoms with E-state index in [0.717, 1.165) is 102 Å². The molecule has 115 heavy (non-hydrogen) atoms. The highest BCUT2D eigenvalue weighted by atomic mass is 16.4. The molecule has 4 aromatic carbocycles. The maximum atomic E-state index is 6.20. The van der Waals surface area contributed by atoms with Crippen molar-refractivity contribution < 1.29 is 35.9 Å². The number of benzene rings is 4. The highest BCUT2D eigenvalue weighted by molar-refractivity contribution is 6.80. The fourth-order valence-electron chi connectivity index (χ4n) is 16.7. The van der Waals surface area contributed by atoms with Gasteiger partial charge < -0.3 is 17.7 Å². The van der Waals surface area contributed by atoms with Crippen LogP contribution in [0.4, 0.5) is 23.3 Å². The van der Waals surface area contributed by atoms with E-state index in [4.69, 9.17) is 17.7 Å². The molecule has 20 rings (SSSR count). The van der Waals surface area contributed by atoms with Gasteiger partial charge in [0.15, 0.2) is 0 Å². The molecule has 20 heteroatoms. The van der Waals surface area contributed by atoms with Crippen LogP contribution < -0.4 is 59.8 Å². The Morgan fingerprint density at radius 2 is 0.635 bits per heavy atom. The normalized spacial score (nSPS) is 13.2. The summed E-state index contributed by atoms with van der Waals surface area (Å²) in [6, 6.07) is 69.9. The fourth-order valence-corrected chi connectivity index (χ4v) is 16.7. The van der Waals surface area contributed by atoms with Gasteiger partial charge in [-0.25, -0.2) is 38.2 Å². The summed E-state index contributed by atoms with van der Waals surface area (Å²) in [5.74, 6) is 6.32. The van der Waals surface area contributed by atoms with E-state index in [-0.39, 0.29) is 27.4 Å². The zero-order chi connectivity index (χ0) is 79.6. The Bertz CT molecular complexity index is 6570. The third-order valence-electron chi connectivity index (χ3n) is 22.8. The zero-order valence-corrected chi connectivity index (χ0v) is 67.8. The van der Waals surface area contributed by atoms with Crippen molar-refractivity contribution >= 4 is 142 Å². The number of fused-ring (bicyclic) bond motifs is 12. The van der Waals surface area contributed by atoms with Gasteiger partial charge in [0.1, 0.15) is 22.8 Å². The maximum Gasteiger partial charge on any atom is 0.447 e. The number of pyridine rings is 8. The SMILES string of the molecule is CB1c2c(oc3nc(C)ccc23)C=CN1c1cc(-c2ccccc2)c(C)c[n+]1C.CB1c2c(oc3nc(C)ccc23)C=CN1c1cc(-c2ccccc2)cc[n+]1C.CB1c2oc3nc(C)ccc3c2C=CN1c1cc(-c2ccccc2)c(C)c[n+]1C.CB1c2oc3nc(C)ccc3c2C=CN1c1cc(C)c(-c2ccccc2)c[n+]1C. The number of aromatic nitrogens is 8. The predicted molar refractivity (Wildman–Crippen MR) is 472 cm³/mol. The lowest BCUT2D eigenvalue weighted by Crippen LogP contribution is -2.50. The van der Waals surface area contributed by atoms with Gasteiger partial charge in [0.25, 0.3) is 23.3 Å². The lowest BCUT2D eigenvalue weighted by molar-refractivity contribution is -0.658. The minimum atomic E-state index is 0.0713. The highest BCUT2D eigenvalue weighted by Gasteiger charge is 2.43. The van der Waals surface area contributed by atoms with Gasteiger partial charge in [0.05, 0.1) is 77.8 Å². The van der Waals surface area contributed by atoms with E-state index in [2.05, 4.69) is 365 Å². The topological polar surface area (TPSA) is 133 Å². The molecule has 12 aromatic heterocycles. The highest BCUT2D eigenvalue weighted by Crippen LogP contribution is 2.35. The van der Waals surface area contributed by atoms with E-state index in [0.29, 0.717) is 22.9 Å². The Kier molecular flexibility index (Phi) is 19.8. The molecule has 0 radical (unpaired) electrons. The number of furan rings is 4. The summed E-state index contributed by atoms with van der Waals surface area (Å²) in [6.45, 7) is 23.7. The van der Waals surface area contributed by atoms with Crippen molar-refractivity contribution in [2.24, 2.45) is 28.2 Å². The molecule has 0 fully saturated rings. The molecular formula is C95H90B4N12O4+4. The molecule has 0 unspecified atom stereocenters. The van der Waals surface area contributed by atoms with Crippen LogP contribution in [0.1, 0.15) is 62.1 Å². The summed E-state index contributed by atoms with van der Waals surface area (Å²) < 4.78 is 33.2. The smallest absolute Gasteiger partial charge is 0.447 e. The van der Waals surface area contributed by atoms with Crippen LogP contribution in [-0.2, 0) is 28.2 Å². The zero-order valence-electron chi connectivity index (χ0n) is 67.8. The second kappa shape index (κ2) is 30.6. The van der Waals surface area contributed by atoms with Crippen LogP contribution in [0.25, 0.3) is 113 Å². The molecule has 16 nitrogen and oxygen atoms in total. The van der Waals surface area contributed by atoms with Crippen molar-refractivity contribution in [2.75, 3.05) is 19.2 Å². The number of hydrogen-bond acceptors (Lipinski definition) is 12. The van der Waals surface area contributed by atoms with E-state index >= 15 is 0 Å². The molecular weight excluding hydrogens is 1420 g/mol. The van der Waals surface area contributed by atoms with E-state index in [1.165, 1.54) is 72.1 Å². The Hall–Kier alpha value is -13.3. The lowest BCUT2D eigenvalue weighted by atomic mass is 9.54. The lowest BCUT2D eigenvalue weighted by Gasteiger charge is -2.23. The largest absolute Gasteiger partial charge is 0.447 e. The molecule has 4 aliphatic rings. The number of nitrogens with zero attached hydrogens (tertiary/aromatic N) is 12. The maximum absolute atomic E-state index is 6.20. The molecule has 16 heterocycles. The number of rotatable bonds is 8. The van der Waals surface area contributed by atoms with Crippen LogP contribution in [0.2, 0.25) is 27.3 Å². The molecule has 4 aliphatic heterocycles. The van der Waals surface area contributed by atoms with Gasteiger partial charge >= 0.3 is 27.4 Å². The van der Waals surface area contributed by atoms with Crippen LogP contribution in [0.3, 0.4) is 0 Å². The molecule has 0 aliphatic carbocycles. The van der Waals surface area contributed by atoms with Gasteiger partial charge in [0, 0.05) is 108 Å². The minimum absolute atomic E-state index is 0.0713. The van der Waals surface area contributed by atoms with E-state index in [1.54, 1.807) is 0 Å². The van der Waals surface area contributed by atoms with Crippen molar-refractivity contribution in [3.05, 3.63) is 312 Å². The number of anilines is 4. The summed E-state index contributed by atoms with van der Waals surface area (Å²) >= 11 is 0. The van der Waals surface area contributed by atoms with Gasteiger partial charge in [-0.1, -0.05) is 121 Å². The summed E-state index contributed by atoms with van der Waals surface area (Å²) in [7, 11) is 8.38. The first kappa shape index (κ1) is 74.4. The fraction of sp³-hybridized carbons (Fsp3) is 0.158. The van der Waals surface area contributed by atoms with Crippen LogP contribution in [-0.4, -0.2) is 47.3 Å². The quantitative estimate of drug-likeness (QED) is 0.106. The molecule has 562 valence electrons. The molecule has 0 saturated heterocycles. The standard InChI is InChI=1S/3C24H23BN3O.C23H21BN3O/c1-16-15-27(4)22(14-21(16)18-8-6-5-7-9-18)28-13-12-19-20-11-10-17(2)26-24(20)29-23(19)25(28)3;1-16-15-27(4)22(14-20(16)18-8-6-5-7-9-18)28-13-12-21-23(25(28)3)19-11-10-17(2)26-24(19)29-21;1-16-14-22(27(4)15-21(16)18-8-6-5-7-9-18)28-13-12-19-20-11-10-17(2)26-24(20)29-23(19)25(28)3;1-16-9-10-19-22-20(28-23(19)25-16)12-14-27(24(22)2)21-15-18(11-13-26(21)3)17-7-5-4-6-8-17/h3*5-15H,1-4H3;4-15H,1-3H3/q4*+1. The Morgan fingerprint density at radius 3 is 1.05 bits per heavy atom. The third-order valence-corrected chi connectivity index (χ3v) is 22.8. The van der Waals surface area contributed by atoms with Gasteiger partial charge in [0.2, 0.25) is 22.9 Å². The average Bonchev–Trinajstić information content (AvgIpc) is 1.64. The third kappa shape index (κ3) is 14.1. The van der Waals surface area contributed by atoms with E-state index < -0.39 is 0 Å². The molecule has 0 bridgehead atoms. The van der Waals surface area contributed by atoms with E-state index in [9.17, 15) is 0 Å². The van der Waals surface area contributed by atoms with Gasteiger partial charge in [-0.15, -0.1) is 0 Å². The Morgan fingerprint density at radius 1 is 0.296 bits per heavy atom. The molecule has 0 saturated carbocycles. The van der Waals surface area contributed by atoms with Crippen molar-refractivity contribution in [1.29, 1.82) is 0 Å². The minimum Gasteiger partial charge on any atom is -0.447 e. The second-order valence-corrected chi connectivity index (χ2v) is 30.7. The van der Waals surface area contributed by atoms with Crippen LogP contribution >= 0.6 is 0 Å². The summed E-state index contributed by atoms with van der Waals surface area (Å²) in [6.07, 6.45) is 25.6. The molecule has 0 spiro atoms. The van der Waals surface area contributed by atoms with Gasteiger partial charge in [-0.3, -0.25) is 19.2 Å². The first-order valence-electron chi connectivity index (χ1n) is 39.4. The van der Waals surface area contributed by atoms with Crippen molar-refractivity contribution in [1.82, 2.24) is 19.9 Å². The Balaban J connectivity index is 0.000000111. The Labute approximate surface area is 673 Å². The van der Waals surface area contributed by atoms with Gasteiger partial charge in [-0.05, 0) is 198 Å². The molecule has 0 atom stereocenters. The first-order chi connectivity index (χ1) is 55.7. The van der Waals surface area contributed by atoms with Crippen molar-refractivity contribution in [3.63, 3.8) is 0 Å². The van der Waals surface area contributed by atoms with Crippen LogP contribution in [0, 0.1) is 48.5 Å². The monoisotopic (exact) mass is 1510 g/mol. The molecule has 16 aromatic rings. The van der Waals surface area contributed by atoms with E-state index in [1.807, 2.05) is 70.2 Å². The van der Waals surface area contributed by atoms with Crippen LogP contribution in [0.5, 0.6) is 0 Å². The molecule has 0 amide bonds. The summed E-state index contributed by atoms with van der Waals surface area (Å²) in [5, 5.41) is 4.33. The summed E-state index contributed by atoms with van der Waals surface area (Å²) in [5.41, 5.74) is 26.9. The second-order valence-electron chi connectivity index (χ2n) is 30.7. The number of hydrogen-bond donors (Lipinski definition) is 0. The molecule has 0 N–H and O–H groups in total. The van der Waals surface area contributed by atoms with Crippen molar-refractivity contribution in [2.45, 2.75) is 75.8 Å². The predicted octanol–water partition coefficient (Wildman–Crippen LogP) is 16.7. The summed E-state index contributed by atoms with van der Waals surface area (Å²) in [4.78, 5) is 27.4. The first-order valence-corrected chi connectivity index (χ1v) is 39.4. The van der Waals surface area contributed by atoms with Gasteiger partial charge in [-0.2, -0.15) is 0 Å². The average molecular weight is 1510 g/mol. The van der Waals surface area contributed by atoms with Crippen molar-refractivity contribution in [3.8, 4) is 44.5 Å². The number of aryl methyl sites for hydroxylation is 11. The van der Waals surface area contributed by atoms with Crippen LogP contribution in [0.15, 0.2) is 267 Å².